The number of nitrogens with one attached hydrogen (secondary N) is 1. The predicted octanol–water partition coefficient (Wildman–Crippen LogP) is 3.29. The molecule has 0 aliphatic heterocycles. The summed E-state index contributed by atoms with van der Waals surface area (Å²) in [5.41, 5.74) is 1.42. The van der Waals surface area contributed by atoms with Gasteiger partial charge < -0.3 is 5.32 Å². The summed E-state index contributed by atoms with van der Waals surface area (Å²) in [6.07, 6.45) is 2.36. The van der Waals surface area contributed by atoms with E-state index in [0.29, 0.717) is 16.4 Å². The molecule has 0 bridgehead atoms. The molecule has 2 rings (SSSR count). The first-order valence-electron chi connectivity index (χ1n) is 4.72. The number of carbonyl (C=O) groups is 1. The standard InChI is InChI=1S/C12H9ClN2O/c13-10-2-1-3-11(7-10)15-12-6-9(8-16)4-5-14-12/h1-8H,(H,14,15). The van der Waals surface area contributed by atoms with Gasteiger partial charge in [0, 0.05) is 22.5 Å². The van der Waals surface area contributed by atoms with Crippen LogP contribution in [0.15, 0.2) is 42.6 Å². The van der Waals surface area contributed by atoms with E-state index in [-0.39, 0.29) is 0 Å². The van der Waals surface area contributed by atoms with Crippen LogP contribution in [0.3, 0.4) is 0 Å². The highest BCUT2D eigenvalue weighted by Crippen LogP contribution is 2.18. The van der Waals surface area contributed by atoms with Crippen molar-refractivity contribution in [3.05, 3.63) is 53.2 Å². The number of pyridine rings is 1. The van der Waals surface area contributed by atoms with Gasteiger partial charge in [-0.15, -0.1) is 0 Å². The zero-order valence-electron chi connectivity index (χ0n) is 8.35. The van der Waals surface area contributed by atoms with Gasteiger partial charge in [-0.05, 0) is 30.3 Å². The zero-order chi connectivity index (χ0) is 11.4. The number of anilines is 2. The Hall–Kier alpha value is -1.87. The second-order valence-corrected chi connectivity index (χ2v) is 3.66. The highest BCUT2D eigenvalue weighted by atomic mass is 35.5. The maximum atomic E-state index is 10.6. The van der Waals surface area contributed by atoms with Gasteiger partial charge in [0.2, 0.25) is 0 Å². The highest BCUT2D eigenvalue weighted by molar-refractivity contribution is 6.30. The summed E-state index contributed by atoms with van der Waals surface area (Å²) in [6, 6.07) is 10.6. The average Bonchev–Trinajstić information content (AvgIpc) is 2.29. The third-order valence-electron chi connectivity index (χ3n) is 2.02. The molecule has 0 unspecified atom stereocenters. The highest BCUT2D eigenvalue weighted by Gasteiger charge is 1.98. The van der Waals surface area contributed by atoms with Crippen LogP contribution < -0.4 is 5.32 Å². The third-order valence-corrected chi connectivity index (χ3v) is 2.25. The molecule has 3 nitrogen and oxygen atoms in total. The van der Waals surface area contributed by atoms with Gasteiger partial charge in [-0.3, -0.25) is 4.79 Å². The lowest BCUT2D eigenvalue weighted by Gasteiger charge is -2.05. The zero-order valence-corrected chi connectivity index (χ0v) is 9.11. The van der Waals surface area contributed by atoms with Crippen molar-refractivity contribution in [2.75, 3.05) is 5.32 Å². The monoisotopic (exact) mass is 232 g/mol. The minimum Gasteiger partial charge on any atom is -0.340 e. The first-order valence-corrected chi connectivity index (χ1v) is 5.09. The van der Waals surface area contributed by atoms with Crippen LogP contribution in [0.4, 0.5) is 11.5 Å². The van der Waals surface area contributed by atoms with Gasteiger partial charge in [-0.1, -0.05) is 17.7 Å². The maximum absolute atomic E-state index is 10.6. The first kappa shape index (κ1) is 10.6. The van der Waals surface area contributed by atoms with E-state index in [1.54, 1.807) is 30.5 Å². The van der Waals surface area contributed by atoms with E-state index < -0.39 is 0 Å². The summed E-state index contributed by atoms with van der Waals surface area (Å²) < 4.78 is 0. The number of halogens is 1. The number of rotatable bonds is 3. The van der Waals surface area contributed by atoms with Crippen LogP contribution in [-0.2, 0) is 0 Å². The molecule has 0 saturated carbocycles. The Kier molecular flexibility index (Phi) is 3.17. The molecule has 0 radical (unpaired) electrons. The van der Waals surface area contributed by atoms with Gasteiger partial charge in [-0.2, -0.15) is 0 Å². The molecule has 0 saturated heterocycles. The molecule has 80 valence electrons. The molecule has 0 fully saturated rings. The third kappa shape index (κ3) is 2.58. The smallest absolute Gasteiger partial charge is 0.150 e. The molecule has 16 heavy (non-hydrogen) atoms. The fourth-order valence-electron chi connectivity index (χ4n) is 1.30. The van der Waals surface area contributed by atoms with Gasteiger partial charge in [0.25, 0.3) is 0 Å². The molecule has 4 heteroatoms. The average molecular weight is 233 g/mol. The molecule has 1 N–H and O–H groups in total. The van der Waals surface area contributed by atoms with Crippen LogP contribution >= 0.6 is 11.6 Å². The van der Waals surface area contributed by atoms with Crippen LogP contribution in [0.5, 0.6) is 0 Å². The SMILES string of the molecule is O=Cc1ccnc(Nc2cccc(Cl)c2)c1. The summed E-state index contributed by atoms with van der Waals surface area (Å²) in [5, 5.41) is 3.71. The Morgan fingerprint density at radius 3 is 2.88 bits per heavy atom. The van der Waals surface area contributed by atoms with Crippen LogP contribution in [0, 0.1) is 0 Å². The Morgan fingerprint density at radius 1 is 1.25 bits per heavy atom. The summed E-state index contributed by atoms with van der Waals surface area (Å²) in [6.45, 7) is 0. The van der Waals surface area contributed by atoms with Crippen LogP contribution in [-0.4, -0.2) is 11.3 Å². The van der Waals surface area contributed by atoms with Crippen LogP contribution in [0.2, 0.25) is 5.02 Å². The van der Waals surface area contributed by atoms with Gasteiger partial charge >= 0.3 is 0 Å². The second-order valence-electron chi connectivity index (χ2n) is 3.23. The molecule has 0 amide bonds. The van der Waals surface area contributed by atoms with Crippen molar-refractivity contribution >= 4 is 29.4 Å². The Labute approximate surface area is 98.1 Å². The summed E-state index contributed by atoms with van der Waals surface area (Å²) in [4.78, 5) is 14.7. The Morgan fingerprint density at radius 2 is 2.12 bits per heavy atom. The molecule has 1 aromatic carbocycles. The fourth-order valence-corrected chi connectivity index (χ4v) is 1.49. The first-order chi connectivity index (χ1) is 7.78. The summed E-state index contributed by atoms with van der Waals surface area (Å²) in [7, 11) is 0. The van der Waals surface area contributed by atoms with Crippen molar-refractivity contribution in [2.45, 2.75) is 0 Å². The number of hydrogen-bond acceptors (Lipinski definition) is 3. The topological polar surface area (TPSA) is 42.0 Å². The fraction of sp³-hybridized carbons (Fsp3) is 0. The molecule has 0 aliphatic carbocycles. The van der Waals surface area contributed by atoms with Gasteiger partial charge in [0.15, 0.2) is 0 Å². The molecule has 1 heterocycles. The van der Waals surface area contributed by atoms with Gasteiger partial charge in [0.05, 0.1) is 0 Å². The Balaban J connectivity index is 2.23. The number of carbonyl (C=O) groups excluding carboxylic acids is 1. The molecule has 0 atom stereocenters. The van der Waals surface area contributed by atoms with Crippen molar-refractivity contribution in [1.82, 2.24) is 4.98 Å². The van der Waals surface area contributed by atoms with Crippen molar-refractivity contribution in [3.63, 3.8) is 0 Å². The number of aldehydes is 1. The lowest BCUT2D eigenvalue weighted by molar-refractivity contribution is 0.112. The van der Waals surface area contributed by atoms with Crippen molar-refractivity contribution in [1.29, 1.82) is 0 Å². The normalized spacial score (nSPS) is 9.81. The predicted molar refractivity (Wildman–Crippen MR) is 64.4 cm³/mol. The minimum atomic E-state index is 0.583. The number of nitrogens with zero attached hydrogens (tertiary/aromatic N) is 1. The van der Waals surface area contributed by atoms with E-state index in [1.807, 2.05) is 12.1 Å². The minimum absolute atomic E-state index is 0.583. The van der Waals surface area contributed by atoms with E-state index >= 15 is 0 Å². The quantitative estimate of drug-likeness (QED) is 0.826. The molecular formula is C12H9ClN2O. The van der Waals surface area contributed by atoms with Crippen LogP contribution in [0.1, 0.15) is 10.4 Å². The molecule has 0 aliphatic rings. The molecular weight excluding hydrogens is 224 g/mol. The second kappa shape index (κ2) is 4.77. The van der Waals surface area contributed by atoms with E-state index in [0.717, 1.165) is 12.0 Å². The lowest BCUT2D eigenvalue weighted by atomic mass is 10.3. The number of benzene rings is 1. The Bertz CT molecular complexity index is 514. The largest absolute Gasteiger partial charge is 0.340 e. The number of aromatic nitrogens is 1. The summed E-state index contributed by atoms with van der Waals surface area (Å²) in [5.74, 6) is 0.617. The summed E-state index contributed by atoms with van der Waals surface area (Å²) >= 11 is 5.85. The molecule has 2 aromatic rings. The van der Waals surface area contributed by atoms with E-state index in [4.69, 9.17) is 11.6 Å². The lowest BCUT2D eigenvalue weighted by Crippen LogP contribution is -1.94. The molecule has 1 aromatic heterocycles. The van der Waals surface area contributed by atoms with E-state index in [1.165, 1.54) is 0 Å². The van der Waals surface area contributed by atoms with Crippen molar-refractivity contribution < 1.29 is 4.79 Å². The van der Waals surface area contributed by atoms with E-state index in [9.17, 15) is 4.79 Å². The van der Waals surface area contributed by atoms with Crippen LogP contribution in [0.25, 0.3) is 0 Å². The maximum Gasteiger partial charge on any atom is 0.150 e. The van der Waals surface area contributed by atoms with E-state index in [2.05, 4.69) is 10.3 Å². The molecule has 0 spiro atoms. The van der Waals surface area contributed by atoms with Gasteiger partial charge in [0.1, 0.15) is 12.1 Å². The van der Waals surface area contributed by atoms with Gasteiger partial charge in [-0.25, -0.2) is 4.98 Å². The van der Waals surface area contributed by atoms with Crippen molar-refractivity contribution in [2.24, 2.45) is 0 Å². The van der Waals surface area contributed by atoms with Crippen molar-refractivity contribution in [3.8, 4) is 0 Å². The number of hydrogen-bond donors (Lipinski definition) is 1.